The Balaban J connectivity index is 1.65. The van der Waals surface area contributed by atoms with Gasteiger partial charge in [0.2, 0.25) is 5.91 Å². The lowest BCUT2D eigenvalue weighted by atomic mass is 10.1. The van der Waals surface area contributed by atoms with Gasteiger partial charge in [-0.1, -0.05) is 32.9 Å². The summed E-state index contributed by atoms with van der Waals surface area (Å²) in [6, 6.07) is 12.7. The number of hydrogen-bond acceptors (Lipinski definition) is 12. The number of ether oxygens (including phenoxy) is 3. The van der Waals surface area contributed by atoms with E-state index in [9.17, 15) is 24.5 Å². The van der Waals surface area contributed by atoms with E-state index in [-0.39, 0.29) is 41.9 Å². The molecule has 14 heteroatoms. The molecule has 0 aliphatic carbocycles. The van der Waals surface area contributed by atoms with Gasteiger partial charge < -0.3 is 24.4 Å². The van der Waals surface area contributed by atoms with E-state index in [4.69, 9.17) is 26.4 Å². The summed E-state index contributed by atoms with van der Waals surface area (Å²) in [5.41, 5.74) is 1.11. The minimum absolute atomic E-state index is 0.0401. The molecule has 1 aromatic heterocycles. The van der Waals surface area contributed by atoms with Crippen LogP contribution < -0.4 is 14.8 Å². The number of esters is 1. The Morgan fingerprint density at radius 2 is 1.73 bits per heavy atom. The fraction of sp³-hybridized carbons (Fsp3) is 0.217. The summed E-state index contributed by atoms with van der Waals surface area (Å²) in [6.07, 6.45) is -0.492. The minimum Gasteiger partial charge on any atom is -0.462 e. The van der Waals surface area contributed by atoms with Gasteiger partial charge in [-0.3, -0.25) is 4.79 Å². The second kappa shape index (κ2) is 13.4. The minimum atomic E-state index is -1.11. The van der Waals surface area contributed by atoms with E-state index in [2.05, 4.69) is 10.2 Å². The van der Waals surface area contributed by atoms with Gasteiger partial charge in [-0.25, -0.2) is 9.59 Å². The fourth-order valence-electron chi connectivity index (χ4n) is 2.91. The van der Waals surface area contributed by atoms with Crippen LogP contribution in [0.3, 0.4) is 0 Å². The van der Waals surface area contributed by atoms with Crippen LogP contribution in [0.15, 0.2) is 48.5 Å². The highest BCUT2D eigenvalue weighted by atomic mass is 32.9. The van der Waals surface area contributed by atoms with Gasteiger partial charge in [-0.05, 0) is 60.9 Å². The van der Waals surface area contributed by atoms with E-state index in [1.54, 1.807) is 34.6 Å². The molecule has 194 valence electrons. The lowest BCUT2D eigenvalue weighted by Crippen LogP contribution is -2.17. The standard InChI is InChI=1S/C23H20N2O9S3/c1-14(26)24-16-6-9-18(22(27)31-10-2-3-11-32-25(29)30)19(12-16)34-23(28)33-17-7-4-15(5-8-17)20-13-21(35)37-36-20/h4-9,12-13H,2-3,10-11H2,1H3,(H,24,26). The van der Waals surface area contributed by atoms with Gasteiger partial charge in [0.15, 0.2) is 5.75 Å². The summed E-state index contributed by atoms with van der Waals surface area (Å²) in [4.78, 5) is 51.8. The van der Waals surface area contributed by atoms with Crippen molar-refractivity contribution >= 4 is 56.6 Å². The fourth-order valence-corrected chi connectivity index (χ4v) is 5.31. The number of anilines is 1. The summed E-state index contributed by atoms with van der Waals surface area (Å²) in [7, 11) is 3.03. The van der Waals surface area contributed by atoms with Crippen LogP contribution in [0.4, 0.5) is 10.5 Å². The summed E-state index contributed by atoms with van der Waals surface area (Å²) in [6.45, 7) is 1.14. The lowest BCUT2D eigenvalue weighted by Gasteiger charge is -2.12. The number of carbonyl (C=O) groups is 3. The van der Waals surface area contributed by atoms with Crippen molar-refractivity contribution in [2.24, 2.45) is 0 Å². The topological polar surface area (TPSA) is 143 Å². The average molecular weight is 565 g/mol. The number of unbranched alkanes of at least 4 members (excludes halogenated alkanes) is 1. The third-order valence-corrected chi connectivity index (χ3v) is 7.40. The van der Waals surface area contributed by atoms with Crippen molar-refractivity contribution in [1.82, 2.24) is 0 Å². The normalized spacial score (nSPS) is 10.3. The highest BCUT2D eigenvalue weighted by Gasteiger charge is 2.19. The second-order valence-electron chi connectivity index (χ2n) is 7.26. The maximum atomic E-state index is 12.6. The highest BCUT2D eigenvalue weighted by Crippen LogP contribution is 2.31. The third-order valence-electron chi connectivity index (χ3n) is 4.49. The summed E-state index contributed by atoms with van der Waals surface area (Å²) < 4.78 is 16.4. The highest BCUT2D eigenvalue weighted by molar-refractivity contribution is 7.80. The first-order chi connectivity index (χ1) is 17.7. The van der Waals surface area contributed by atoms with Crippen LogP contribution in [0.25, 0.3) is 10.4 Å². The number of amides is 1. The van der Waals surface area contributed by atoms with Crippen molar-refractivity contribution in [1.29, 1.82) is 0 Å². The molecule has 0 saturated heterocycles. The Labute approximate surface area is 223 Å². The van der Waals surface area contributed by atoms with Gasteiger partial charge in [0, 0.05) is 23.6 Å². The Hall–Kier alpha value is -3.88. The molecule has 1 heterocycles. The Bertz CT molecular complexity index is 1340. The molecular weight excluding hydrogens is 544 g/mol. The zero-order chi connectivity index (χ0) is 26.8. The number of nitrogens with zero attached hydrogens (tertiary/aromatic N) is 1. The predicted molar refractivity (Wildman–Crippen MR) is 138 cm³/mol. The molecule has 0 unspecified atom stereocenters. The summed E-state index contributed by atoms with van der Waals surface area (Å²) in [5, 5.41) is 11.8. The van der Waals surface area contributed by atoms with E-state index < -0.39 is 17.2 Å². The van der Waals surface area contributed by atoms with Gasteiger partial charge in [0.1, 0.15) is 15.1 Å². The van der Waals surface area contributed by atoms with Crippen molar-refractivity contribution in [2.45, 2.75) is 19.8 Å². The third kappa shape index (κ3) is 8.93. The Morgan fingerprint density at radius 1 is 1.00 bits per heavy atom. The Kier molecular flexibility index (Phi) is 10.1. The van der Waals surface area contributed by atoms with E-state index in [0.717, 1.165) is 14.3 Å². The molecule has 0 saturated carbocycles. The van der Waals surface area contributed by atoms with Crippen LogP contribution >= 0.6 is 32.9 Å². The molecule has 2 aromatic carbocycles. The van der Waals surface area contributed by atoms with Crippen LogP contribution in [0.5, 0.6) is 11.5 Å². The maximum Gasteiger partial charge on any atom is 0.519 e. The molecule has 0 radical (unpaired) electrons. The van der Waals surface area contributed by atoms with Crippen molar-refractivity contribution in [2.75, 3.05) is 18.5 Å². The molecule has 11 nitrogen and oxygen atoms in total. The van der Waals surface area contributed by atoms with Gasteiger partial charge in [0.25, 0.3) is 5.09 Å². The van der Waals surface area contributed by atoms with Gasteiger partial charge in [-0.2, -0.15) is 0 Å². The van der Waals surface area contributed by atoms with E-state index >= 15 is 0 Å². The van der Waals surface area contributed by atoms with Crippen LogP contribution in [-0.2, 0) is 14.4 Å². The molecular formula is C23H20N2O9S3. The first-order valence-corrected chi connectivity index (χ1v) is 13.2. The molecule has 0 bridgehead atoms. The van der Waals surface area contributed by atoms with Crippen molar-refractivity contribution in [3.8, 4) is 21.9 Å². The first-order valence-electron chi connectivity index (χ1n) is 10.7. The van der Waals surface area contributed by atoms with Crippen molar-refractivity contribution in [3.63, 3.8) is 0 Å². The molecule has 37 heavy (non-hydrogen) atoms. The van der Waals surface area contributed by atoms with Crippen LogP contribution in [0.2, 0.25) is 0 Å². The summed E-state index contributed by atoms with van der Waals surface area (Å²) in [5.74, 6) is -1.13. The molecule has 0 aliphatic heterocycles. The second-order valence-corrected chi connectivity index (χ2v) is 10.2. The Morgan fingerprint density at radius 3 is 2.38 bits per heavy atom. The predicted octanol–water partition coefficient (Wildman–Crippen LogP) is 5.89. The molecule has 1 N–H and O–H groups in total. The SMILES string of the molecule is CC(=O)Nc1ccc(C(=O)OCCCCO[N+](=O)[O-])c(OC(=O)Oc2ccc(-c3cc(=S)ss3)cc2)c1. The van der Waals surface area contributed by atoms with Gasteiger partial charge in [0.05, 0.1) is 13.2 Å². The molecule has 0 aliphatic rings. The van der Waals surface area contributed by atoms with E-state index in [1.807, 2.05) is 6.07 Å². The zero-order valence-electron chi connectivity index (χ0n) is 19.3. The number of rotatable bonds is 11. The molecule has 0 fully saturated rings. The average Bonchev–Trinajstić information content (AvgIpc) is 3.27. The smallest absolute Gasteiger partial charge is 0.462 e. The number of hydrogen-bond donors (Lipinski definition) is 1. The molecule has 0 spiro atoms. The van der Waals surface area contributed by atoms with Gasteiger partial charge >= 0.3 is 12.1 Å². The number of nitrogens with one attached hydrogen (secondary N) is 1. The maximum absolute atomic E-state index is 12.6. The largest absolute Gasteiger partial charge is 0.519 e. The quantitative estimate of drug-likeness (QED) is 0.0569. The molecule has 0 atom stereocenters. The van der Waals surface area contributed by atoms with Gasteiger partial charge in [-0.15, -0.1) is 10.1 Å². The van der Waals surface area contributed by atoms with E-state index in [0.29, 0.717) is 12.8 Å². The number of carbonyl (C=O) groups excluding carboxylic acids is 3. The van der Waals surface area contributed by atoms with Crippen LogP contribution in [-0.4, -0.2) is 36.3 Å². The number of benzene rings is 2. The monoisotopic (exact) mass is 564 g/mol. The van der Waals surface area contributed by atoms with Crippen molar-refractivity contribution in [3.05, 3.63) is 68.0 Å². The van der Waals surface area contributed by atoms with Crippen LogP contribution in [0, 0.1) is 13.9 Å². The lowest BCUT2D eigenvalue weighted by molar-refractivity contribution is -0.757. The van der Waals surface area contributed by atoms with E-state index in [1.165, 1.54) is 35.5 Å². The van der Waals surface area contributed by atoms with Crippen LogP contribution in [0.1, 0.15) is 30.1 Å². The summed E-state index contributed by atoms with van der Waals surface area (Å²) >= 11 is 5.15. The molecule has 3 rings (SSSR count). The van der Waals surface area contributed by atoms with Crippen molar-refractivity contribution < 1.29 is 38.5 Å². The molecule has 3 aromatic rings. The molecule has 1 amide bonds. The zero-order valence-corrected chi connectivity index (χ0v) is 21.7. The first kappa shape index (κ1) is 27.7.